The molecule has 0 spiro atoms. The van der Waals surface area contributed by atoms with Gasteiger partial charge in [0.25, 0.3) is 0 Å². The Morgan fingerprint density at radius 1 is 1.12 bits per heavy atom. The Bertz CT molecular complexity index is 931. The third kappa shape index (κ3) is 5.45. The molecular formula is C23H25F3N2O4. The number of hydrogen-bond acceptors (Lipinski definition) is 5. The van der Waals surface area contributed by atoms with Crippen LogP contribution in [0.1, 0.15) is 36.4 Å². The fraction of sp³-hybridized carbons (Fsp3) is 0.435. The fourth-order valence-corrected chi connectivity index (χ4v) is 4.26. The minimum atomic E-state index is -4.77. The van der Waals surface area contributed by atoms with Crippen molar-refractivity contribution in [3.8, 4) is 11.5 Å². The van der Waals surface area contributed by atoms with Gasteiger partial charge in [-0.3, -0.25) is 0 Å². The molecule has 9 heteroatoms. The Labute approximate surface area is 184 Å². The van der Waals surface area contributed by atoms with E-state index < -0.39 is 6.36 Å². The third-order valence-corrected chi connectivity index (χ3v) is 5.91. The number of carbonyl (C=O) groups is 1. The van der Waals surface area contributed by atoms with Crippen LogP contribution in [0, 0.1) is 5.92 Å². The lowest BCUT2D eigenvalue weighted by Gasteiger charge is -2.39. The first-order valence-electron chi connectivity index (χ1n) is 10.6. The van der Waals surface area contributed by atoms with Crippen molar-refractivity contribution in [2.45, 2.75) is 44.4 Å². The van der Waals surface area contributed by atoms with Crippen LogP contribution in [0.25, 0.3) is 0 Å². The number of benzene rings is 2. The highest BCUT2D eigenvalue weighted by Crippen LogP contribution is 2.40. The summed E-state index contributed by atoms with van der Waals surface area (Å²) < 4.78 is 53.1. The Balaban J connectivity index is 1.32. The quantitative estimate of drug-likeness (QED) is 0.726. The van der Waals surface area contributed by atoms with Crippen LogP contribution in [-0.2, 0) is 11.3 Å². The van der Waals surface area contributed by atoms with Gasteiger partial charge in [-0.2, -0.15) is 0 Å². The van der Waals surface area contributed by atoms with E-state index in [0.717, 1.165) is 5.56 Å². The monoisotopic (exact) mass is 450 g/mol. The fourth-order valence-electron chi connectivity index (χ4n) is 4.26. The molecule has 2 aliphatic rings. The highest BCUT2D eigenvalue weighted by atomic mass is 19.4. The Hall–Kier alpha value is -2.94. The average Bonchev–Trinajstić information content (AvgIpc) is 2.77. The Morgan fingerprint density at radius 2 is 1.84 bits per heavy atom. The van der Waals surface area contributed by atoms with Gasteiger partial charge in [-0.05, 0) is 30.4 Å². The predicted molar refractivity (Wildman–Crippen MR) is 110 cm³/mol. The Morgan fingerprint density at radius 3 is 2.53 bits per heavy atom. The van der Waals surface area contributed by atoms with Crippen molar-refractivity contribution < 1.29 is 32.2 Å². The molecule has 0 radical (unpaired) electrons. The molecular weight excluding hydrogens is 425 g/mol. The van der Waals surface area contributed by atoms with Crippen LogP contribution in [0.4, 0.5) is 18.0 Å². The first-order valence-corrected chi connectivity index (χ1v) is 10.6. The highest BCUT2D eigenvalue weighted by Gasteiger charge is 2.36. The van der Waals surface area contributed by atoms with Crippen LogP contribution in [0.2, 0.25) is 0 Å². The molecule has 6 nitrogen and oxygen atoms in total. The van der Waals surface area contributed by atoms with Crippen molar-refractivity contribution in [1.82, 2.24) is 4.90 Å². The summed E-state index contributed by atoms with van der Waals surface area (Å²) in [6, 6.07) is 13.1. The van der Waals surface area contributed by atoms with E-state index in [1.165, 1.54) is 18.2 Å². The molecule has 2 aromatic rings. The van der Waals surface area contributed by atoms with E-state index in [0.29, 0.717) is 43.7 Å². The van der Waals surface area contributed by atoms with Gasteiger partial charge < -0.3 is 24.8 Å². The first-order chi connectivity index (χ1) is 15.3. The maximum Gasteiger partial charge on any atom is 0.573 e. The zero-order chi connectivity index (χ0) is 22.7. The molecule has 0 bridgehead atoms. The van der Waals surface area contributed by atoms with E-state index in [1.807, 2.05) is 30.3 Å². The van der Waals surface area contributed by atoms with Crippen molar-refractivity contribution >= 4 is 6.09 Å². The number of hydrogen-bond donors (Lipinski definition) is 1. The van der Waals surface area contributed by atoms with Gasteiger partial charge in [0.05, 0.1) is 0 Å². The number of likely N-dealkylation sites (tertiary alicyclic amines) is 1. The summed E-state index contributed by atoms with van der Waals surface area (Å²) in [6.45, 7) is 1.27. The zero-order valence-electron chi connectivity index (χ0n) is 17.4. The summed E-state index contributed by atoms with van der Waals surface area (Å²) >= 11 is 0. The van der Waals surface area contributed by atoms with Gasteiger partial charge >= 0.3 is 12.5 Å². The van der Waals surface area contributed by atoms with Crippen LogP contribution < -0.4 is 15.2 Å². The zero-order valence-corrected chi connectivity index (χ0v) is 17.4. The van der Waals surface area contributed by atoms with Crippen LogP contribution >= 0.6 is 0 Å². The van der Waals surface area contributed by atoms with Crippen molar-refractivity contribution in [1.29, 1.82) is 0 Å². The maximum atomic E-state index is 12.5. The predicted octanol–water partition coefficient (Wildman–Crippen LogP) is 4.78. The summed E-state index contributed by atoms with van der Waals surface area (Å²) in [5, 5.41) is 0. The standard InChI is InChI=1S/C23H25F3N2O4/c24-23(25,26)32-17-6-7-18-19(27)13-20(31-21(18)12-17)16-8-10-28(11-9-16)22(29)30-14-15-4-2-1-3-5-15/h1-7,12,16,19-20H,8-11,13-14,27H2/t19-,20-/m1/s1. The topological polar surface area (TPSA) is 74.0 Å². The molecule has 2 aromatic carbocycles. The SMILES string of the molecule is N[C@@H]1C[C@H](C2CCN(C(=O)OCc3ccccc3)CC2)Oc2cc(OC(F)(F)F)ccc21. The number of ether oxygens (including phenoxy) is 3. The largest absolute Gasteiger partial charge is 0.573 e. The molecule has 4 rings (SSSR count). The molecule has 2 atom stereocenters. The third-order valence-electron chi connectivity index (χ3n) is 5.91. The minimum Gasteiger partial charge on any atom is -0.490 e. The van der Waals surface area contributed by atoms with Crippen LogP contribution in [0.3, 0.4) is 0 Å². The molecule has 0 aliphatic carbocycles. The molecule has 1 fully saturated rings. The molecule has 0 aromatic heterocycles. The van der Waals surface area contributed by atoms with E-state index in [1.54, 1.807) is 4.90 Å². The van der Waals surface area contributed by atoms with E-state index in [-0.39, 0.29) is 36.5 Å². The summed E-state index contributed by atoms with van der Waals surface area (Å²) in [7, 11) is 0. The molecule has 1 amide bonds. The first kappa shape index (κ1) is 22.3. The second kappa shape index (κ2) is 9.28. The number of piperidine rings is 1. The molecule has 172 valence electrons. The van der Waals surface area contributed by atoms with Crippen LogP contribution in [0.5, 0.6) is 11.5 Å². The molecule has 32 heavy (non-hydrogen) atoms. The van der Waals surface area contributed by atoms with Gasteiger partial charge in [0, 0.05) is 37.2 Å². The summed E-state index contributed by atoms with van der Waals surface area (Å²) in [4.78, 5) is 14.0. The van der Waals surface area contributed by atoms with Crippen molar-refractivity contribution in [2.75, 3.05) is 13.1 Å². The van der Waals surface area contributed by atoms with Gasteiger partial charge in [0.15, 0.2) is 0 Å². The number of nitrogens with zero attached hydrogens (tertiary/aromatic N) is 1. The normalized spacial score (nSPS) is 21.4. The van der Waals surface area contributed by atoms with E-state index in [4.69, 9.17) is 15.2 Å². The maximum absolute atomic E-state index is 12.5. The second-order valence-corrected chi connectivity index (χ2v) is 8.11. The molecule has 2 N–H and O–H groups in total. The van der Waals surface area contributed by atoms with Gasteiger partial charge in [-0.15, -0.1) is 13.2 Å². The van der Waals surface area contributed by atoms with Crippen LogP contribution in [0.15, 0.2) is 48.5 Å². The van der Waals surface area contributed by atoms with Crippen molar-refractivity contribution in [3.63, 3.8) is 0 Å². The molecule has 2 aliphatic heterocycles. The summed E-state index contributed by atoms with van der Waals surface area (Å²) in [5.41, 5.74) is 7.85. The van der Waals surface area contributed by atoms with E-state index in [9.17, 15) is 18.0 Å². The lowest BCUT2D eigenvalue weighted by Crippen LogP contribution is -2.44. The second-order valence-electron chi connectivity index (χ2n) is 8.11. The van der Waals surface area contributed by atoms with Crippen molar-refractivity contribution in [3.05, 3.63) is 59.7 Å². The van der Waals surface area contributed by atoms with E-state index in [2.05, 4.69) is 4.74 Å². The van der Waals surface area contributed by atoms with E-state index >= 15 is 0 Å². The average molecular weight is 450 g/mol. The lowest BCUT2D eigenvalue weighted by atomic mass is 9.85. The molecule has 2 heterocycles. The number of nitrogens with two attached hydrogens (primary N) is 1. The summed E-state index contributed by atoms with van der Waals surface area (Å²) in [6.07, 6.45) is -3.39. The van der Waals surface area contributed by atoms with Crippen molar-refractivity contribution in [2.24, 2.45) is 11.7 Å². The Kier molecular flexibility index (Phi) is 6.45. The number of fused-ring (bicyclic) bond motifs is 1. The number of halogens is 3. The van der Waals surface area contributed by atoms with Crippen LogP contribution in [-0.4, -0.2) is 36.5 Å². The smallest absolute Gasteiger partial charge is 0.490 e. The number of amides is 1. The lowest BCUT2D eigenvalue weighted by molar-refractivity contribution is -0.274. The van der Waals surface area contributed by atoms with Gasteiger partial charge in [0.2, 0.25) is 0 Å². The molecule has 0 saturated carbocycles. The minimum absolute atomic E-state index is 0.138. The number of rotatable bonds is 4. The number of carbonyl (C=O) groups excluding carboxylic acids is 1. The summed E-state index contributed by atoms with van der Waals surface area (Å²) in [5.74, 6) is 0.125. The number of alkyl halides is 3. The van der Waals surface area contributed by atoms with Gasteiger partial charge in [-0.1, -0.05) is 36.4 Å². The molecule has 0 unspecified atom stereocenters. The van der Waals surface area contributed by atoms with Gasteiger partial charge in [-0.25, -0.2) is 4.79 Å². The molecule has 1 saturated heterocycles. The van der Waals surface area contributed by atoms with Gasteiger partial charge in [0.1, 0.15) is 24.2 Å². The highest BCUT2D eigenvalue weighted by molar-refractivity contribution is 5.67.